The average molecular weight is 410 g/mol. The maximum Gasteiger partial charge on any atom is 0.273 e. The Bertz CT molecular complexity index is 1050. The molecule has 0 unspecified atom stereocenters. The lowest BCUT2D eigenvalue weighted by molar-refractivity contribution is -0.122. The molecule has 0 spiro atoms. The third kappa shape index (κ3) is 3.12. The third-order valence-electron chi connectivity index (χ3n) is 5.73. The van der Waals surface area contributed by atoms with Crippen LogP contribution in [0.2, 0.25) is 0 Å². The van der Waals surface area contributed by atoms with Crippen molar-refractivity contribution in [2.45, 2.75) is 38.8 Å². The van der Waals surface area contributed by atoms with Gasteiger partial charge in [0, 0.05) is 19.4 Å². The van der Waals surface area contributed by atoms with Gasteiger partial charge in [0.2, 0.25) is 11.8 Å². The molecule has 4 rings (SSSR count). The molecule has 4 amide bonds. The monoisotopic (exact) mass is 410 g/mol. The van der Waals surface area contributed by atoms with Crippen LogP contribution in [0, 0.1) is 6.92 Å². The van der Waals surface area contributed by atoms with Crippen molar-refractivity contribution in [3.63, 3.8) is 0 Å². The third-order valence-corrected chi connectivity index (χ3v) is 5.73. The number of amides is 4. The Kier molecular flexibility index (Phi) is 4.81. The van der Waals surface area contributed by atoms with Gasteiger partial charge in [-0.2, -0.15) is 0 Å². The van der Waals surface area contributed by atoms with Gasteiger partial charge in [-0.05, 0) is 38.5 Å². The van der Waals surface area contributed by atoms with Crippen LogP contribution in [0.15, 0.2) is 41.0 Å². The fourth-order valence-corrected chi connectivity index (χ4v) is 4.13. The molecule has 1 fully saturated rings. The lowest BCUT2D eigenvalue weighted by Crippen LogP contribution is -2.62. The van der Waals surface area contributed by atoms with E-state index in [1.54, 1.807) is 41.0 Å². The van der Waals surface area contributed by atoms with Gasteiger partial charge in [-0.3, -0.25) is 34.9 Å². The van der Waals surface area contributed by atoms with Crippen LogP contribution < -0.4 is 15.8 Å². The van der Waals surface area contributed by atoms with Crippen LogP contribution in [0.5, 0.6) is 0 Å². The van der Waals surface area contributed by atoms with Crippen molar-refractivity contribution in [1.29, 1.82) is 0 Å². The van der Waals surface area contributed by atoms with Gasteiger partial charge in [-0.15, -0.1) is 0 Å². The van der Waals surface area contributed by atoms with E-state index in [4.69, 9.17) is 4.42 Å². The molecule has 156 valence electrons. The van der Waals surface area contributed by atoms with E-state index in [0.717, 1.165) is 0 Å². The molecular weight excluding hydrogens is 388 g/mol. The van der Waals surface area contributed by atoms with E-state index in [1.807, 2.05) is 6.92 Å². The molecule has 30 heavy (non-hydrogen) atoms. The summed E-state index contributed by atoms with van der Waals surface area (Å²) in [4.78, 5) is 53.2. The zero-order valence-corrected chi connectivity index (χ0v) is 16.7. The Morgan fingerprint density at radius 1 is 1.17 bits per heavy atom. The predicted molar refractivity (Wildman–Crippen MR) is 106 cm³/mol. The number of nitrogens with zero attached hydrogens (tertiary/aromatic N) is 2. The van der Waals surface area contributed by atoms with Gasteiger partial charge in [-0.1, -0.05) is 12.1 Å². The summed E-state index contributed by atoms with van der Waals surface area (Å²) >= 11 is 0. The summed E-state index contributed by atoms with van der Waals surface area (Å²) in [5, 5.41) is 0. The molecule has 0 saturated carbocycles. The van der Waals surface area contributed by atoms with Gasteiger partial charge in [-0.25, -0.2) is 0 Å². The molecule has 0 aliphatic carbocycles. The first-order valence-electron chi connectivity index (χ1n) is 9.70. The predicted octanol–water partition coefficient (Wildman–Crippen LogP) is 1.74. The van der Waals surface area contributed by atoms with Crippen molar-refractivity contribution >= 4 is 29.3 Å². The van der Waals surface area contributed by atoms with Crippen molar-refractivity contribution in [2.24, 2.45) is 0 Å². The molecule has 2 N–H and O–H groups in total. The van der Waals surface area contributed by atoms with Crippen LogP contribution >= 0.6 is 0 Å². The fraction of sp³-hybridized carbons (Fsp3) is 0.333. The number of hydrazine groups is 1. The largest absolute Gasteiger partial charge is 0.469 e. The number of nitrogens with one attached hydrogen (secondary N) is 2. The van der Waals surface area contributed by atoms with Crippen LogP contribution in [0.4, 0.5) is 5.69 Å². The number of aryl methyl sites for hydroxylation is 1. The van der Waals surface area contributed by atoms with Crippen molar-refractivity contribution in [3.05, 3.63) is 53.5 Å². The summed E-state index contributed by atoms with van der Waals surface area (Å²) in [6.07, 6.45) is 2.18. The SMILES string of the molecule is Cc1occc1C(=O)NNC(=O)CCN1C(=O)c2ccccc2N2C(=O)CC[C@@]12C. The molecule has 2 aliphatic rings. The molecule has 1 aromatic heterocycles. The second-order valence-corrected chi connectivity index (χ2v) is 7.56. The standard InChI is InChI=1S/C21H22N4O5/c1-13-14(9-12-30-13)19(28)23-22-17(26)8-11-24-20(29)15-5-3-4-6-16(15)25-18(27)7-10-21(24,25)2/h3-6,9,12H,7-8,10-11H2,1-2H3,(H,22,26)(H,23,28)/t21-/m0/s1. The highest BCUT2D eigenvalue weighted by molar-refractivity contribution is 6.10. The first kappa shape index (κ1) is 19.7. The quantitative estimate of drug-likeness (QED) is 0.746. The number of benzene rings is 1. The number of anilines is 1. The average Bonchev–Trinajstić information content (AvgIpc) is 3.29. The van der Waals surface area contributed by atoms with E-state index in [1.165, 1.54) is 12.3 Å². The highest BCUT2D eigenvalue weighted by Gasteiger charge is 2.52. The van der Waals surface area contributed by atoms with Crippen LogP contribution in [-0.4, -0.2) is 40.7 Å². The van der Waals surface area contributed by atoms with Gasteiger partial charge in [0.05, 0.1) is 23.1 Å². The lowest BCUT2D eigenvalue weighted by atomic mass is 9.98. The van der Waals surface area contributed by atoms with Crippen molar-refractivity contribution in [2.75, 3.05) is 11.4 Å². The molecule has 9 heteroatoms. The minimum atomic E-state index is -0.819. The maximum absolute atomic E-state index is 13.1. The van der Waals surface area contributed by atoms with E-state index in [-0.39, 0.29) is 24.8 Å². The lowest BCUT2D eigenvalue weighted by Gasteiger charge is -2.48. The maximum atomic E-state index is 13.1. The highest BCUT2D eigenvalue weighted by Crippen LogP contribution is 2.43. The van der Waals surface area contributed by atoms with Crippen LogP contribution in [0.3, 0.4) is 0 Å². The van der Waals surface area contributed by atoms with Gasteiger partial charge in [0.15, 0.2) is 0 Å². The Hall–Kier alpha value is -3.62. The first-order valence-corrected chi connectivity index (χ1v) is 9.70. The molecule has 0 bridgehead atoms. The number of fused-ring (bicyclic) bond motifs is 3. The molecule has 3 heterocycles. The second-order valence-electron chi connectivity index (χ2n) is 7.56. The van der Waals surface area contributed by atoms with Gasteiger partial charge >= 0.3 is 0 Å². The first-order chi connectivity index (χ1) is 14.3. The molecule has 2 aromatic rings. The minimum Gasteiger partial charge on any atom is -0.469 e. The summed E-state index contributed by atoms with van der Waals surface area (Å²) in [5.74, 6) is -0.759. The topological polar surface area (TPSA) is 112 Å². The molecule has 9 nitrogen and oxygen atoms in total. The molecule has 0 radical (unpaired) electrons. The van der Waals surface area contributed by atoms with E-state index in [9.17, 15) is 19.2 Å². The van der Waals surface area contributed by atoms with Gasteiger partial charge in [0.1, 0.15) is 11.4 Å². The van der Waals surface area contributed by atoms with E-state index in [0.29, 0.717) is 35.4 Å². The Labute approximate surface area is 173 Å². The summed E-state index contributed by atoms with van der Waals surface area (Å²) in [7, 11) is 0. The van der Waals surface area contributed by atoms with Gasteiger partial charge in [0.25, 0.3) is 11.8 Å². The number of hydrogen-bond donors (Lipinski definition) is 2. The molecular formula is C21H22N4O5. The highest BCUT2D eigenvalue weighted by atomic mass is 16.3. The molecule has 1 atom stereocenters. The van der Waals surface area contributed by atoms with E-state index in [2.05, 4.69) is 10.9 Å². The van der Waals surface area contributed by atoms with Crippen molar-refractivity contribution in [3.8, 4) is 0 Å². The number of carbonyl (C=O) groups is 4. The number of hydrogen-bond acceptors (Lipinski definition) is 5. The van der Waals surface area contributed by atoms with Crippen LogP contribution in [0.25, 0.3) is 0 Å². The van der Waals surface area contributed by atoms with Crippen molar-refractivity contribution in [1.82, 2.24) is 15.8 Å². The number of carbonyl (C=O) groups excluding carboxylic acids is 4. The van der Waals surface area contributed by atoms with E-state index >= 15 is 0 Å². The summed E-state index contributed by atoms with van der Waals surface area (Å²) in [6.45, 7) is 3.60. The van der Waals surface area contributed by atoms with Crippen LogP contribution in [0.1, 0.15) is 52.7 Å². The summed E-state index contributed by atoms with van der Waals surface area (Å²) in [6, 6.07) is 8.51. The van der Waals surface area contributed by atoms with E-state index < -0.39 is 17.5 Å². The van der Waals surface area contributed by atoms with Gasteiger partial charge < -0.3 is 9.32 Å². The summed E-state index contributed by atoms with van der Waals surface area (Å²) < 4.78 is 5.07. The molecule has 1 aromatic carbocycles. The Balaban J connectivity index is 1.44. The number of para-hydroxylation sites is 1. The minimum absolute atomic E-state index is 0.0316. The number of furan rings is 1. The Morgan fingerprint density at radius 3 is 2.67 bits per heavy atom. The Morgan fingerprint density at radius 2 is 1.93 bits per heavy atom. The fourth-order valence-electron chi connectivity index (χ4n) is 4.13. The molecule has 1 saturated heterocycles. The molecule has 2 aliphatic heterocycles. The number of rotatable bonds is 4. The smallest absolute Gasteiger partial charge is 0.273 e. The zero-order valence-electron chi connectivity index (χ0n) is 16.7. The normalized spacial score (nSPS) is 20.1. The second kappa shape index (κ2) is 7.33. The van der Waals surface area contributed by atoms with Crippen molar-refractivity contribution < 1.29 is 23.6 Å². The van der Waals surface area contributed by atoms with Crippen LogP contribution in [-0.2, 0) is 9.59 Å². The zero-order chi connectivity index (χ0) is 21.5. The summed E-state index contributed by atoms with van der Waals surface area (Å²) in [5.41, 5.74) is 5.24.